The molecule has 1 unspecified atom stereocenters. The van der Waals surface area contributed by atoms with Gasteiger partial charge in [0.1, 0.15) is 0 Å². The molecule has 0 nitrogen and oxygen atoms in total. The zero-order valence-corrected chi connectivity index (χ0v) is 7.85. The van der Waals surface area contributed by atoms with Gasteiger partial charge in [-0.3, -0.25) is 0 Å². The Morgan fingerprint density at radius 2 is 1.78 bits per heavy atom. The van der Waals surface area contributed by atoms with Crippen molar-refractivity contribution in [2.45, 2.75) is 27.7 Å². The molecule has 0 aromatic heterocycles. The molecule has 0 aliphatic heterocycles. The third-order valence-electron chi connectivity index (χ3n) is 1.05. The Morgan fingerprint density at radius 1 is 1.33 bits per heavy atom. The highest BCUT2D eigenvalue weighted by Gasteiger charge is 2.09. The maximum atomic E-state index is 4.07. The Kier molecular flexibility index (Phi) is 3.49. The van der Waals surface area contributed by atoms with Crippen LogP contribution in [-0.2, 0) is 0 Å². The van der Waals surface area contributed by atoms with Crippen molar-refractivity contribution in [3.05, 3.63) is 0 Å². The Labute approximate surface area is 61.6 Å². The van der Waals surface area contributed by atoms with Gasteiger partial charge in [-0.25, -0.2) is 0 Å². The molecule has 0 radical (unpaired) electrons. The molecular formula is C8H18S. The van der Waals surface area contributed by atoms with Crippen molar-refractivity contribution in [3.8, 4) is 0 Å². The van der Waals surface area contributed by atoms with Crippen LogP contribution in [-0.4, -0.2) is 17.4 Å². The molecular weight excluding hydrogens is 128 g/mol. The first-order chi connectivity index (χ1) is 3.95. The fourth-order valence-corrected chi connectivity index (χ4v) is 2.14. The van der Waals surface area contributed by atoms with Crippen LogP contribution in [0.25, 0.3) is 0 Å². The highest BCUT2D eigenvalue weighted by molar-refractivity contribution is 8.14. The van der Waals surface area contributed by atoms with E-state index in [2.05, 4.69) is 33.6 Å². The first-order valence-electron chi connectivity index (χ1n) is 3.43. The van der Waals surface area contributed by atoms with Gasteiger partial charge in [0.25, 0.3) is 0 Å². The van der Waals surface area contributed by atoms with E-state index >= 15 is 0 Å². The Balaban J connectivity index is 3.60. The minimum atomic E-state index is 0.404. The van der Waals surface area contributed by atoms with E-state index < -0.39 is 0 Å². The molecule has 0 rings (SSSR count). The molecule has 0 bridgehead atoms. The topological polar surface area (TPSA) is 0 Å². The summed E-state index contributed by atoms with van der Waals surface area (Å²) in [7, 11) is 0.404. The van der Waals surface area contributed by atoms with Gasteiger partial charge in [0.2, 0.25) is 0 Å². The van der Waals surface area contributed by atoms with Crippen LogP contribution in [0, 0.1) is 5.41 Å². The van der Waals surface area contributed by atoms with Crippen LogP contribution in [0.15, 0.2) is 0 Å². The fraction of sp³-hybridized carbons (Fsp3) is 0.875. The third-order valence-corrected chi connectivity index (χ3v) is 3.14. The summed E-state index contributed by atoms with van der Waals surface area (Å²) in [6.45, 7) is 9.03. The summed E-state index contributed by atoms with van der Waals surface area (Å²) in [5.41, 5.74) is 0.473. The highest BCUT2D eigenvalue weighted by atomic mass is 32.2. The minimum Gasteiger partial charge on any atom is -0.193 e. The van der Waals surface area contributed by atoms with Crippen LogP contribution in [0.5, 0.6) is 0 Å². The van der Waals surface area contributed by atoms with E-state index in [9.17, 15) is 0 Å². The third kappa shape index (κ3) is 6.10. The Morgan fingerprint density at radius 3 is 1.89 bits per heavy atom. The molecule has 0 aliphatic carbocycles. The van der Waals surface area contributed by atoms with Crippen LogP contribution in [0.4, 0.5) is 0 Å². The first kappa shape index (κ1) is 9.22. The van der Waals surface area contributed by atoms with E-state index in [-0.39, 0.29) is 0 Å². The molecule has 1 atom stereocenters. The molecule has 0 heterocycles. The van der Waals surface area contributed by atoms with E-state index in [1.54, 1.807) is 0 Å². The largest absolute Gasteiger partial charge is 0.193 e. The lowest BCUT2D eigenvalue weighted by molar-refractivity contribution is 0.480. The van der Waals surface area contributed by atoms with Gasteiger partial charge in [-0.1, -0.05) is 33.6 Å². The van der Waals surface area contributed by atoms with Crippen LogP contribution in [0.3, 0.4) is 0 Å². The van der Waals surface area contributed by atoms with Gasteiger partial charge >= 0.3 is 0 Å². The highest BCUT2D eigenvalue weighted by Crippen LogP contribution is 2.23. The minimum absolute atomic E-state index is 0.404. The Hall–Kier alpha value is 0.220. The van der Waals surface area contributed by atoms with Crippen molar-refractivity contribution < 1.29 is 0 Å². The van der Waals surface area contributed by atoms with E-state index in [0.29, 0.717) is 15.9 Å². The zero-order chi connectivity index (χ0) is 7.49. The normalized spacial score (nSPS) is 15.6. The predicted octanol–water partition coefficient (Wildman–Crippen LogP) is 2.75. The quantitative estimate of drug-likeness (QED) is 0.525. The lowest BCUT2D eigenvalue weighted by Crippen LogP contribution is -2.09. The molecule has 0 spiro atoms. The summed E-state index contributed by atoms with van der Waals surface area (Å²) < 4.78 is 0. The van der Waals surface area contributed by atoms with Crippen LogP contribution in [0.1, 0.15) is 27.7 Å². The van der Waals surface area contributed by atoms with Crippen LogP contribution < -0.4 is 0 Å². The molecule has 0 saturated heterocycles. The number of hydrogen-bond acceptors (Lipinski definition) is 0. The van der Waals surface area contributed by atoms with Gasteiger partial charge < -0.3 is 0 Å². The molecule has 56 valence electrons. The summed E-state index contributed by atoms with van der Waals surface area (Å²) >= 11 is 0. The van der Waals surface area contributed by atoms with E-state index in [4.69, 9.17) is 0 Å². The van der Waals surface area contributed by atoms with Gasteiger partial charge in [-0.2, -0.15) is 10.5 Å². The van der Waals surface area contributed by atoms with Gasteiger partial charge in [0.05, 0.1) is 0 Å². The van der Waals surface area contributed by atoms with Gasteiger partial charge in [0.15, 0.2) is 0 Å². The molecule has 0 N–H and O–H groups in total. The maximum Gasteiger partial charge on any atom is -0.00740 e. The SMILES string of the molecule is C=S(CC)CC(C)(C)C. The van der Waals surface area contributed by atoms with Gasteiger partial charge in [0, 0.05) is 0 Å². The van der Waals surface area contributed by atoms with Crippen molar-refractivity contribution in [2.24, 2.45) is 5.41 Å². The molecule has 1 heteroatoms. The molecule has 0 aromatic rings. The predicted molar refractivity (Wildman–Crippen MR) is 49.6 cm³/mol. The van der Waals surface area contributed by atoms with Crippen molar-refractivity contribution in [1.82, 2.24) is 0 Å². The summed E-state index contributed by atoms with van der Waals surface area (Å²) in [4.78, 5) is 0. The molecule has 0 aliphatic rings. The van der Waals surface area contributed by atoms with Crippen molar-refractivity contribution in [3.63, 3.8) is 0 Å². The maximum absolute atomic E-state index is 4.07. The number of hydrogen-bond donors (Lipinski definition) is 0. The number of rotatable bonds is 2. The zero-order valence-electron chi connectivity index (χ0n) is 7.03. The second-order valence-electron chi connectivity index (χ2n) is 3.61. The molecule has 0 fully saturated rings. The molecule has 0 saturated carbocycles. The monoisotopic (exact) mass is 146 g/mol. The average molecular weight is 146 g/mol. The molecule has 0 amide bonds. The lowest BCUT2D eigenvalue weighted by atomic mass is 10.0. The van der Waals surface area contributed by atoms with Gasteiger partial charge in [-0.05, 0) is 16.9 Å². The summed E-state index contributed by atoms with van der Waals surface area (Å²) in [5, 5.41) is 0. The smallest absolute Gasteiger partial charge is 0.00740 e. The summed E-state index contributed by atoms with van der Waals surface area (Å²) in [6, 6.07) is 0. The van der Waals surface area contributed by atoms with E-state index in [0.717, 1.165) is 0 Å². The summed E-state index contributed by atoms with van der Waals surface area (Å²) in [6.07, 6.45) is 0. The summed E-state index contributed by atoms with van der Waals surface area (Å²) in [5.74, 6) is 6.57. The molecule has 9 heavy (non-hydrogen) atoms. The molecule has 0 aromatic carbocycles. The average Bonchev–Trinajstić information content (AvgIpc) is 1.62. The van der Waals surface area contributed by atoms with Crippen LogP contribution >= 0.6 is 10.5 Å². The van der Waals surface area contributed by atoms with Crippen LogP contribution in [0.2, 0.25) is 0 Å². The second kappa shape index (κ2) is 3.40. The van der Waals surface area contributed by atoms with Crippen molar-refractivity contribution in [2.75, 3.05) is 11.5 Å². The first-order valence-corrected chi connectivity index (χ1v) is 5.16. The van der Waals surface area contributed by atoms with E-state index in [1.807, 2.05) is 0 Å². The Bertz CT molecular complexity index is 97.6. The lowest BCUT2D eigenvalue weighted by Gasteiger charge is -2.19. The van der Waals surface area contributed by atoms with Gasteiger partial charge in [-0.15, -0.1) is 0 Å². The van der Waals surface area contributed by atoms with E-state index in [1.165, 1.54) is 11.5 Å². The standard InChI is InChI=1S/C8H18S/c1-6-9(5)7-8(2,3)4/h5-7H2,1-4H3. The van der Waals surface area contributed by atoms with Crippen molar-refractivity contribution in [1.29, 1.82) is 0 Å². The second-order valence-corrected chi connectivity index (χ2v) is 5.70. The fourth-order valence-electron chi connectivity index (χ4n) is 0.714. The van der Waals surface area contributed by atoms with Crippen molar-refractivity contribution >= 4 is 16.4 Å².